The summed E-state index contributed by atoms with van der Waals surface area (Å²) in [5, 5.41) is 6.19. The summed E-state index contributed by atoms with van der Waals surface area (Å²) in [4.78, 5) is 25.9. The molecule has 0 radical (unpaired) electrons. The van der Waals surface area contributed by atoms with E-state index in [9.17, 15) is 9.59 Å². The van der Waals surface area contributed by atoms with E-state index in [2.05, 4.69) is 10.6 Å². The van der Waals surface area contributed by atoms with Crippen LogP contribution >= 0.6 is 0 Å². The van der Waals surface area contributed by atoms with Gasteiger partial charge in [0.15, 0.2) is 0 Å². The van der Waals surface area contributed by atoms with E-state index in [0.717, 1.165) is 23.0 Å². The van der Waals surface area contributed by atoms with Gasteiger partial charge in [-0.1, -0.05) is 60.7 Å². The summed E-state index contributed by atoms with van der Waals surface area (Å²) in [5.74, 6) is 2.81. The molecule has 1 atom stereocenters. The molecule has 6 rings (SSSR count). The molecule has 168 valence electrons. The van der Waals surface area contributed by atoms with Crippen molar-refractivity contribution in [3.05, 3.63) is 71.8 Å². The van der Waals surface area contributed by atoms with Gasteiger partial charge in [-0.05, 0) is 66.9 Å². The summed E-state index contributed by atoms with van der Waals surface area (Å²) in [6, 6.07) is 19.0. The zero-order valence-corrected chi connectivity index (χ0v) is 18.4. The maximum atomic E-state index is 13.4. The van der Waals surface area contributed by atoms with Crippen molar-refractivity contribution < 1.29 is 14.3 Å². The normalized spacial score (nSPS) is 28.7. The first-order valence-electron chi connectivity index (χ1n) is 12.0. The first-order chi connectivity index (χ1) is 15.6. The molecule has 4 saturated carbocycles. The van der Waals surface area contributed by atoms with Crippen LogP contribution in [0.3, 0.4) is 0 Å². The van der Waals surface area contributed by atoms with E-state index in [0.29, 0.717) is 18.3 Å². The fraction of sp³-hybridized carbons (Fsp3) is 0.481. The predicted octanol–water partition coefficient (Wildman–Crippen LogP) is 4.47. The lowest BCUT2D eigenvalue weighted by Crippen LogP contribution is -2.59. The molecule has 0 spiro atoms. The summed E-state index contributed by atoms with van der Waals surface area (Å²) < 4.78 is 5.40. The Kier molecular flexibility index (Phi) is 6.15. The smallest absolute Gasteiger partial charge is 0.408 e. The molecule has 4 fully saturated rings. The molecule has 0 aliphatic heterocycles. The van der Waals surface area contributed by atoms with Crippen LogP contribution in [0.4, 0.5) is 4.79 Å². The highest BCUT2D eigenvalue weighted by atomic mass is 16.5. The highest BCUT2D eigenvalue weighted by molar-refractivity contribution is 5.86. The largest absolute Gasteiger partial charge is 0.445 e. The third-order valence-electron chi connectivity index (χ3n) is 7.64. The predicted molar refractivity (Wildman–Crippen MR) is 123 cm³/mol. The van der Waals surface area contributed by atoms with Crippen LogP contribution in [0.15, 0.2) is 60.7 Å². The van der Waals surface area contributed by atoms with Gasteiger partial charge in [-0.2, -0.15) is 0 Å². The molecule has 4 aliphatic rings. The minimum absolute atomic E-state index is 0.0945. The van der Waals surface area contributed by atoms with Gasteiger partial charge in [0.2, 0.25) is 5.91 Å². The van der Waals surface area contributed by atoms with E-state index in [-0.39, 0.29) is 18.6 Å². The maximum Gasteiger partial charge on any atom is 0.408 e. The first-order valence-corrected chi connectivity index (χ1v) is 12.0. The van der Waals surface area contributed by atoms with E-state index in [1.165, 1.54) is 32.1 Å². The Hall–Kier alpha value is -2.82. The molecular weight excluding hydrogens is 400 g/mol. The van der Waals surface area contributed by atoms with Gasteiger partial charge < -0.3 is 15.4 Å². The molecule has 4 bridgehead atoms. The van der Waals surface area contributed by atoms with Gasteiger partial charge in [0.1, 0.15) is 12.6 Å². The number of ether oxygens (including phenoxy) is 1. The Morgan fingerprint density at radius 2 is 1.38 bits per heavy atom. The molecule has 2 aromatic carbocycles. The highest BCUT2D eigenvalue weighted by Crippen LogP contribution is 2.53. The summed E-state index contributed by atoms with van der Waals surface area (Å²) in [5.41, 5.74) is 1.93. The Balaban J connectivity index is 1.24. The molecule has 5 nitrogen and oxygen atoms in total. The summed E-state index contributed by atoms with van der Waals surface area (Å²) >= 11 is 0. The Morgan fingerprint density at radius 3 is 1.97 bits per heavy atom. The minimum atomic E-state index is -0.655. The van der Waals surface area contributed by atoms with Crippen LogP contribution in [0.5, 0.6) is 0 Å². The van der Waals surface area contributed by atoms with Gasteiger partial charge >= 0.3 is 6.09 Å². The standard InChI is InChI=1S/C27H32N2O3/c30-26(29-25-22-12-20-11-21(14-22)15-23(25)13-20)24(16-18-7-3-1-4-8-18)28-27(31)32-17-19-9-5-2-6-10-19/h1-10,20-25H,11-17H2,(H,28,31)(H,29,30)/t20?,21?,22?,23?,24-,25?/m0/s1. The quantitative estimate of drug-likeness (QED) is 0.679. The SMILES string of the molecule is O=C(N[C@@H](Cc1ccccc1)C(=O)NC1C2CC3CC(C2)CC1C3)OCc1ccccc1. The van der Waals surface area contributed by atoms with Crippen LogP contribution in [0.25, 0.3) is 0 Å². The lowest BCUT2D eigenvalue weighted by atomic mass is 9.54. The van der Waals surface area contributed by atoms with Crippen molar-refractivity contribution in [1.29, 1.82) is 0 Å². The average Bonchev–Trinajstić information content (AvgIpc) is 2.80. The second-order valence-corrected chi connectivity index (χ2v) is 9.91. The lowest BCUT2D eigenvalue weighted by Gasteiger charge is -2.54. The number of amides is 2. The van der Waals surface area contributed by atoms with Crippen LogP contribution in [0, 0.1) is 23.7 Å². The number of nitrogens with one attached hydrogen (secondary N) is 2. The maximum absolute atomic E-state index is 13.4. The van der Waals surface area contributed by atoms with Gasteiger partial charge in [0.05, 0.1) is 0 Å². The summed E-state index contributed by atoms with van der Waals surface area (Å²) in [6.45, 7) is 0.182. The van der Waals surface area contributed by atoms with E-state index in [1.807, 2.05) is 60.7 Å². The van der Waals surface area contributed by atoms with Crippen LogP contribution in [0.1, 0.15) is 43.2 Å². The molecule has 32 heavy (non-hydrogen) atoms. The van der Waals surface area contributed by atoms with Crippen LogP contribution in [-0.4, -0.2) is 24.1 Å². The second kappa shape index (κ2) is 9.35. The fourth-order valence-corrected chi connectivity index (χ4v) is 6.39. The first kappa shape index (κ1) is 21.0. The number of alkyl carbamates (subject to hydrolysis) is 1. The van der Waals surface area contributed by atoms with Gasteiger partial charge in [-0.3, -0.25) is 4.79 Å². The molecule has 0 aromatic heterocycles. The van der Waals surface area contributed by atoms with Crippen molar-refractivity contribution in [2.45, 2.75) is 57.2 Å². The molecule has 5 heteroatoms. The van der Waals surface area contributed by atoms with Crippen molar-refractivity contribution in [1.82, 2.24) is 10.6 Å². The zero-order valence-electron chi connectivity index (χ0n) is 18.4. The van der Waals surface area contributed by atoms with Gasteiger partial charge in [-0.15, -0.1) is 0 Å². The van der Waals surface area contributed by atoms with Crippen LogP contribution < -0.4 is 10.6 Å². The number of benzene rings is 2. The molecule has 0 heterocycles. The van der Waals surface area contributed by atoms with Crippen molar-refractivity contribution in [3.8, 4) is 0 Å². The third-order valence-corrected chi connectivity index (χ3v) is 7.64. The Bertz CT molecular complexity index is 902. The van der Waals surface area contributed by atoms with Crippen molar-refractivity contribution >= 4 is 12.0 Å². The average molecular weight is 433 g/mol. The summed E-state index contributed by atoms with van der Waals surface area (Å²) in [7, 11) is 0. The molecular formula is C27H32N2O3. The third kappa shape index (κ3) is 4.82. The fourth-order valence-electron chi connectivity index (χ4n) is 6.39. The summed E-state index contributed by atoms with van der Waals surface area (Å²) in [6.07, 6.45) is 6.25. The molecule has 4 aliphatic carbocycles. The zero-order chi connectivity index (χ0) is 21.9. The monoisotopic (exact) mass is 432 g/mol. The van der Waals surface area contributed by atoms with E-state index in [4.69, 9.17) is 4.74 Å². The van der Waals surface area contributed by atoms with Crippen molar-refractivity contribution in [2.24, 2.45) is 23.7 Å². The molecule has 0 saturated heterocycles. The Morgan fingerprint density at radius 1 is 0.812 bits per heavy atom. The van der Waals surface area contributed by atoms with Crippen molar-refractivity contribution in [3.63, 3.8) is 0 Å². The van der Waals surface area contributed by atoms with Crippen molar-refractivity contribution in [2.75, 3.05) is 0 Å². The van der Waals surface area contributed by atoms with E-state index < -0.39 is 12.1 Å². The molecule has 2 amide bonds. The number of carbonyl (C=O) groups excluding carboxylic acids is 2. The number of carbonyl (C=O) groups is 2. The highest BCUT2D eigenvalue weighted by Gasteiger charge is 2.49. The number of rotatable bonds is 7. The van der Waals surface area contributed by atoms with Gasteiger partial charge in [-0.25, -0.2) is 4.79 Å². The van der Waals surface area contributed by atoms with E-state index >= 15 is 0 Å². The number of hydrogen-bond acceptors (Lipinski definition) is 3. The molecule has 0 unspecified atom stereocenters. The van der Waals surface area contributed by atoms with E-state index in [1.54, 1.807) is 0 Å². The topological polar surface area (TPSA) is 67.4 Å². The Labute approximate surface area is 189 Å². The number of hydrogen-bond donors (Lipinski definition) is 2. The van der Waals surface area contributed by atoms with Gasteiger partial charge in [0.25, 0.3) is 0 Å². The molecule has 2 N–H and O–H groups in total. The minimum Gasteiger partial charge on any atom is -0.445 e. The molecule has 2 aromatic rings. The lowest BCUT2D eigenvalue weighted by molar-refractivity contribution is -0.127. The second-order valence-electron chi connectivity index (χ2n) is 9.91. The van der Waals surface area contributed by atoms with Gasteiger partial charge in [0, 0.05) is 12.5 Å². The van der Waals surface area contributed by atoms with Crippen LogP contribution in [-0.2, 0) is 22.6 Å². The van der Waals surface area contributed by atoms with Crippen LogP contribution in [0.2, 0.25) is 0 Å².